The summed E-state index contributed by atoms with van der Waals surface area (Å²) in [5.74, 6) is 0. The van der Waals surface area contributed by atoms with Crippen molar-refractivity contribution in [1.82, 2.24) is 0 Å². The van der Waals surface area contributed by atoms with Gasteiger partial charge in [-0.2, -0.15) is 0 Å². The van der Waals surface area contributed by atoms with Gasteiger partial charge in [0, 0.05) is 64.1 Å². The van der Waals surface area contributed by atoms with Crippen LogP contribution in [0.15, 0.2) is 0 Å². The molecule has 0 radical (unpaired) electrons. The van der Waals surface area contributed by atoms with Crippen LogP contribution in [-0.4, -0.2) is 83.6 Å². The van der Waals surface area contributed by atoms with Gasteiger partial charge in [0.05, 0.1) is 19.8 Å². The van der Waals surface area contributed by atoms with Gasteiger partial charge < -0.3 is 32.5 Å². The molecule has 0 aliphatic heterocycles. The summed E-state index contributed by atoms with van der Waals surface area (Å²) in [4.78, 5) is 0. The van der Waals surface area contributed by atoms with E-state index >= 15 is 0 Å². The first-order valence-corrected chi connectivity index (χ1v) is 16.9. The molecule has 0 aromatic carbocycles. The Labute approximate surface area is 213 Å². The highest BCUT2D eigenvalue weighted by atomic mass is 79.9. The SMILES string of the molecule is CCOC(CCBr)OCC.CCOC(CCP(C)(=O)OCC)OCC.CCOP(C)OCC. The molecule has 11 heteroatoms. The molecule has 0 N–H and O–H groups in total. The molecule has 8 nitrogen and oxygen atoms in total. The van der Waals surface area contributed by atoms with Crippen LogP contribution in [0.1, 0.15) is 61.3 Å². The third-order valence-electron chi connectivity index (χ3n) is 3.55. The zero-order chi connectivity index (χ0) is 26.0. The standard InChI is InChI=1S/C10H23O4P.C7H15BrO2.C5H13O2P/c1-5-12-10(13-6-2)8-9-15(4,11)14-7-3;1-3-9-7(5-6-8)10-4-2;1-4-6-8(3)7-5-2/h10H,5-9H2,1-4H3;7H,3-6H2,1-2H3;4-5H2,1-3H3. The lowest BCUT2D eigenvalue weighted by Crippen LogP contribution is -2.19. The van der Waals surface area contributed by atoms with Gasteiger partial charge in [0.2, 0.25) is 0 Å². The van der Waals surface area contributed by atoms with Crippen molar-refractivity contribution < 1.29 is 37.1 Å². The quantitative estimate of drug-likeness (QED) is 0.0921. The molecule has 0 saturated heterocycles. The van der Waals surface area contributed by atoms with Crippen molar-refractivity contribution in [2.75, 3.05) is 71.1 Å². The first-order chi connectivity index (χ1) is 15.7. The third-order valence-corrected chi connectivity index (χ3v) is 7.13. The molecule has 1 unspecified atom stereocenters. The maximum atomic E-state index is 11.8. The van der Waals surface area contributed by atoms with Gasteiger partial charge in [0.25, 0.3) is 0 Å². The molecule has 0 spiro atoms. The fourth-order valence-corrected chi connectivity index (χ4v) is 4.87. The lowest BCUT2D eigenvalue weighted by atomic mass is 10.5. The average molecular weight is 585 g/mol. The lowest BCUT2D eigenvalue weighted by Gasteiger charge is -2.19. The molecule has 0 saturated carbocycles. The van der Waals surface area contributed by atoms with Crippen molar-refractivity contribution in [3.05, 3.63) is 0 Å². The van der Waals surface area contributed by atoms with Gasteiger partial charge >= 0.3 is 0 Å². The van der Waals surface area contributed by atoms with Gasteiger partial charge in [-0.05, 0) is 48.5 Å². The molecule has 0 fully saturated rings. The van der Waals surface area contributed by atoms with Crippen molar-refractivity contribution in [2.24, 2.45) is 0 Å². The molecule has 0 aliphatic carbocycles. The van der Waals surface area contributed by atoms with Crippen LogP contribution in [-0.2, 0) is 37.1 Å². The summed E-state index contributed by atoms with van der Waals surface area (Å²) in [7, 11) is -3.03. The van der Waals surface area contributed by atoms with Crippen LogP contribution >= 0.6 is 31.7 Å². The predicted molar refractivity (Wildman–Crippen MR) is 143 cm³/mol. The molecular formula is C22H51BrO8P2. The van der Waals surface area contributed by atoms with Crippen LogP contribution in [0.5, 0.6) is 0 Å². The summed E-state index contributed by atoms with van der Waals surface area (Å²) in [6.45, 7) is 21.8. The first kappa shape index (κ1) is 38.4. The normalized spacial score (nSPS) is 12.9. The monoisotopic (exact) mass is 584 g/mol. The summed E-state index contributed by atoms with van der Waals surface area (Å²) < 4.78 is 48.5. The van der Waals surface area contributed by atoms with Crippen molar-refractivity contribution in [3.63, 3.8) is 0 Å². The highest BCUT2D eigenvalue weighted by Gasteiger charge is 2.18. The Hall–Kier alpha value is 0.860. The molecule has 0 rings (SSSR count). The molecule has 0 aliphatic rings. The maximum Gasteiger partial charge on any atom is 0.200 e. The molecule has 1 atom stereocenters. The highest BCUT2D eigenvalue weighted by Crippen LogP contribution is 2.43. The Morgan fingerprint density at radius 2 is 1.09 bits per heavy atom. The minimum absolute atomic E-state index is 0.0191. The third kappa shape index (κ3) is 30.8. The number of rotatable bonds is 19. The summed E-state index contributed by atoms with van der Waals surface area (Å²) in [5.41, 5.74) is 0. The number of halogens is 1. The zero-order valence-corrected chi connectivity index (χ0v) is 25.8. The number of hydrogen-bond acceptors (Lipinski definition) is 8. The molecule has 0 bridgehead atoms. The van der Waals surface area contributed by atoms with E-state index in [1.807, 2.05) is 55.1 Å². The van der Waals surface area contributed by atoms with Gasteiger partial charge in [-0.25, -0.2) is 0 Å². The summed E-state index contributed by atoms with van der Waals surface area (Å²) >= 11 is 3.33. The van der Waals surface area contributed by atoms with Crippen LogP contribution in [0, 0.1) is 0 Å². The van der Waals surface area contributed by atoms with E-state index in [2.05, 4.69) is 15.9 Å². The van der Waals surface area contributed by atoms with Crippen molar-refractivity contribution >= 4 is 31.7 Å². The second kappa shape index (κ2) is 29.1. The molecule has 33 heavy (non-hydrogen) atoms. The Balaban J connectivity index is -0.000000435. The largest absolute Gasteiger partial charge is 0.353 e. The van der Waals surface area contributed by atoms with Crippen molar-refractivity contribution in [1.29, 1.82) is 0 Å². The van der Waals surface area contributed by atoms with Crippen LogP contribution < -0.4 is 0 Å². The van der Waals surface area contributed by atoms with Gasteiger partial charge in [-0.1, -0.05) is 15.9 Å². The van der Waals surface area contributed by atoms with E-state index in [4.69, 9.17) is 32.5 Å². The lowest BCUT2D eigenvalue weighted by molar-refractivity contribution is -0.136. The molecule has 0 heterocycles. The van der Waals surface area contributed by atoms with Gasteiger partial charge in [0.1, 0.15) is 0 Å². The van der Waals surface area contributed by atoms with E-state index in [0.717, 1.165) is 38.2 Å². The van der Waals surface area contributed by atoms with Gasteiger partial charge in [-0.15, -0.1) is 0 Å². The summed E-state index contributed by atoms with van der Waals surface area (Å²) in [6, 6.07) is 0. The predicted octanol–water partition coefficient (Wildman–Crippen LogP) is 6.89. The fourth-order valence-electron chi connectivity index (χ4n) is 2.34. The van der Waals surface area contributed by atoms with E-state index in [1.165, 1.54) is 0 Å². The second-order valence-electron chi connectivity index (χ2n) is 6.38. The summed E-state index contributed by atoms with van der Waals surface area (Å²) in [5, 5.41) is 0.928. The minimum Gasteiger partial charge on any atom is -0.353 e. The maximum absolute atomic E-state index is 11.8. The van der Waals surface area contributed by atoms with Gasteiger partial charge in [-0.3, -0.25) is 4.57 Å². The molecule has 0 aromatic rings. The molecule has 0 amide bonds. The molecular weight excluding hydrogens is 534 g/mol. The van der Waals surface area contributed by atoms with Crippen molar-refractivity contribution in [2.45, 2.75) is 73.9 Å². The van der Waals surface area contributed by atoms with Crippen LogP contribution in [0.4, 0.5) is 0 Å². The second-order valence-corrected chi connectivity index (χ2v) is 11.3. The topological polar surface area (TPSA) is 81.7 Å². The summed E-state index contributed by atoms with van der Waals surface area (Å²) in [6.07, 6.45) is 1.77. The zero-order valence-electron chi connectivity index (χ0n) is 22.5. The van der Waals surface area contributed by atoms with E-state index in [-0.39, 0.29) is 12.6 Å². The fraction of sp³-hybridized carbons (Fsp3) is 1.00. The number of alkyl halides is 1. The van der Waals surface area contributed by atoms with Crippen LogP contribution in [0.2, 0.25) is 0 Å². The molecule has 204 valence electrons. The van der Waals surface area contributed by atoms with E-state index in [0.29, 0.717) is 32.4 Å². The van der Waals surface area contributed by atoms with Gasteiger partial charge in [0.15, 0.2) is 28.3 Å². The van der Waals surface area contributed by atoms with E-state index in [9.17, 15) is 4.57 Å². The Bertz CT molecular complexity index is 396. The Morgan fingerprint density at radius 3 is 1.39 bits per heavy atom. The Morgan fingerprint density at radius 1 is 0.697 bits per heavy atom. The first-order valence-electron chi connectivity index (χ1n) is 11.9. The number of hydrogen-bond donors (Lipinski definition) is 0. The van der Waals surface area contributed by atoms with E-state index < -0.39 is 15.7 Å². The number of ether oxygens (including phenoxy) is 4. The molecule has 0 aromatic heterocycles. The highest BCUT2D eigenvalue weighted by molar-refractivity contribution is 9.09. The van der Waals surface area contributed by atoms with Crippen LogP contribution in [0.3, 0.4) is 0 Å². The minimum atomic E-state index is -2.45. The average Bonchev–Trinajstić information content (AvgIpc) is 2.74. The smallest absolute Gasteiger partial charge is 0.200 e. The Kier molecular flexibility index (Phi) is 33.8. The van der Waals surface area contributed by atoms with E-state index in [1.54, 1.807) is 6.66 Å². The van der Waals surface area contributed by atoms with Crippen LogP contribution in [0.25, 0.3) is 0 Å². The van der Waals surface area contributed by atoms with Crippen molar-refractivity contribution in [3.8, 4) is 0 Å².